The highest BCUT2D eigenvalue weighted by atomic mass is 16.5. The number of anilines is 1. The van der Waals surface area contributed by atoms with Gasteiger partial charge < -0.3 is 25.1 Å². The van der Waals surface area contributed by atoms with Crippen molar-refractivity contribution in [1.82, 2.24) is 9.55 Å². The standard InChI is InChI=1S/C19H19N5O4/c1-26-14-7-10(3-4-13(14)25)17-22-18(20)23-19-21-11-8-15-16(9-12(11)24(17)19)28-6-2-5-27-15/h3-4,7-9,17,25H,2,5-6H2,1H3,(H3,20,21,22,23)/t17-/m1/s1. The van der Waals surface area contributed by atoms with Crippen molar-refractivity contribution in [2.75, 3.05) is 25.6 Å². The number of nitrogens with two attached hydrogens (primary N) is 1. The van der Waals surface area contributed by atoms with E-state index in [1.54, 1.807) is 18.2 Å². The van der Waals surface area contributed by atoms with Crippen molar-refractivity contribution in [1.29, 1.82) is 0 Å². The Balaban J connectivity index is 1.70. The maximum Gasteiger partial charge on any atom is 0.212 e. The summed E-state index contributed by atoms with van der Waals surface area (Å²) >= 11 is 0. The number of phenolic OH excluding ortho intramolecular Hbond substituents is 1. The predicted octanol–water partition coefficient (Wildman–Crippen LogP) is 2.20. The SMILES string of the molecule is COc1cc([C@@H]2N=C(N)Nc3nc4cc5c(cc4n32)OCCCO5)ccc1O. The Morgan fingerprint density at radius 2 is 2.00 bits per heavy atom. The third-order valence-corrected chi connectivity index (χ3v) is 4.81. The number of nitrogens with one attached hydrogen (secondary N) is 1. The summed E-state index contributed by atoms with van der Waals surface area (Å²) in [6, 6.07) is 8.87. The number of hydrogen-bond donors (Lipinski definition) is 3. The lowest BCUT2D eigenvalue weighted by molar-refractivity contribution is 0.297. The van der Waals surface area contributed by atoms with E-state index in [1.165, 1.54) is 7.11 Å². The van der Waals surface area contributed by atoms with Crippen LogP contribution in [0, 0.1) is 0 Å². The molecule has 2 aliphatic rings. The van der Waals surface area contributed by atoms with Crippen LogP contribution in [0.25, 0.3) is 11.0 Å². The molecule has 9 nitrogen and oxygen atoms in total. The number of aromatic hydroxyl groups is 1. The average Bonchev–Trinajstić information content (AvgIpc) is 2.87. The van der Waals surface area contributed by atoms with E-state index in [-0.39, 0.29) is 11.7 Å². The molecule has 0 spiro atoms. The fraction of sp³-hybridized carbons (Fsp3) is 0.263. The Bertz CT molecular complexity index is 1110. The Morgan fingerprint density at radius 3 is 2.79 bits per heavy atom. The molecular weight excluding hydrogens is 362 g/mol. The van der Waals surface area contributed by atoms with Gasteiger partial charge in [0.05, 0.1) is 31.4 Å². The number of benzene rings is 2. The minimum absolute atomic E-state index is 0.0590. The Labute approximate surface area is 160 Å². The van der Waals surface area contributed by atoms with E-state index in [0.717, 1.165) is 23.0 Å². The molecule has 3 heterocycles. The summed E-state index contributed by atoms with van der Waals surface area (Å²) in [6.07, 6.45) is 0.357. The number of aromatic nitrogens is 2. The van der Waals surface area contributed by atoms with E-state index in [9.17, 15) is 5.11 Å². The molecule has 0 amide bonds. The first-order chi connectivity index (χ1) is 13.6. The quantitative estimate of drug-likeness (QED) is 0.623. The van der Waals surface area contributed by atoms with E-state index < -0.39 is 6.17 Å². The molecule has 3 aromatic rings. The van der Waals surface area contributed by atoms with Gasteiger partial charge in [0, 0.05) is 24.1 Å². The van der Waals surface area contributed by atoms with Crippen molar-refractivity contribution >= 4 is 22.9 Å². The van der Waals surface area contributed by atoms with E-state index in [0.29, 0.717) is 36.4 Å². The molecule has 28 heavy (non-hydrogen) atoms. The Morgan fingerprint density at radius 1 is 1.21 bits per heavy atom. The predicted molar refractivity (Wildman–Crippen MR) is 103 cm³/mol. The number of nitrogens with zero attached hydrogens (tertiary/aromatic N) is 3. The van der Waals surface area contributed by atoms with Gasteiger partial charge >= 0.3 is 0 Å². The summed E-state index contributed by atoms with van der Waals surface area (Å²) in [6.45, 7) is 1.21. The van der Waals surface area contributed by atoms with Gasteiger partial charge in [-0.05, 0) is 12.1 Å². The van der Waals surface area contributed by atoms with Gasteiger partial charge in [-0.2, -0.15) is 0 Å². The number of ether oxygens (including phenoxy) is 3. The second-order valence-electron chi connectivity index (χ2n) is 6.59. The molecule has 9 heteroatoms. The minimum Gasteiger partial charge on any atom is -0.504 e. The van der Waals surface area contributed by atoms with E-state index >= 15 is 0 Å². The zero-order valence-electron chi connectivity index (χ0n) is 15.2. The summed E-state index contributed by atoms with van der Waals surface area (Å²) in [7, 11) is 1.50. The van der Waals surface area contributed by atoms with Crippen molar-refractivity contribution in [3.05, 3.63) is 35.9 Å². The van der Waals surface area contributed by atoms with Crippen LogP contribution in [-0.2, 0) is 0 Å². The van der Waals surface area contributed by atoms with Crippen LogP contribution in [0.4, 0.5) is 5.95 Å². The third-order valence-electron chi connectivity index (χ3n) is 4.81. The topological polar surface area (TPSA) is 116 Å². The highest BCUT2D eigenvalue weighted by molar-refractivity contribution is 5.95. The summed E-state index contributed by atoms with van der Waals surface area (Å²) in [5.74, 6) is 2.60. The fourth-order valence-electron chi connectivity index (χ4n) is 3.50. The smallest absolute Gasteiger partial charge is 0.212 e. The molecule has 1 atom stereocenters. The van der Waals surface area contributed by atoms with Gasteiger partial charge in [-0.3, -0.25) is 9.88 Å². The van der Waals surface area contributed by atoms with E-state index in [4.69, 9.17) is 19.9 Å². The molecule has 0 fully saturated rings. The number of fused-ring (bicyclic) bond motifs is 4. The number of hydrogen-bond acceptors (Lipinski definition) is 8. The van der Waals surface area contributed by atoms with Crippen molar-refractivity contribution < 1.29 is 19.3 Å². The van der Waals surface area contributed by atoms with Crippen LogP contribution < -0.4 is 25.3 Å². The van der Waals surface area contributed by atoms with Crippen molar-refractivity contribution in [3.8, 4) is 23.0 Å². The third kappa shape index (κ3) is 2.55. The summed E-state index contributed by atoms with van der Waals surface area (Å²) < 4.78 is 18.8. The molecule has 4 N–H and O–H groups in total. The first-order valence-electron chi connectivity index (χ1n) is 8.93. The van der Waals surface area contributed by atoms with Gasteiger partial charge in [0.15, 0.2) is 35.1 Å². The monoisotopic (exact) mass is 381 g/mol. The lowest BCUT2D eigenvalue weighted by Gasteiger charge is -2.24. The molecule has 2 aliphatic heterocycles. The maximum absolute atomic E-state index is 9.92. The zero-order valence-corrected chi connectivity index (χ0v) is 15.2. The normalized spacial score (nSPS) is 18.0. The number of rotatable bonds is 2. The first kappa shape index (κ1) is 16.5. The molecular formula is C19H19N5O4. The minimum atomic E-state index is -0.472. The summed E-state index contributed by atoms with van der Waals surface area (Å²) in [5, 5.41) is 12.9. The molecule has 5 rings (SSSR count). The average molecular weight is 381 g/mol. The summed E-state index contributed by atoms with van der Waals surface area (Å²) in [5.41, 5.74) is 8.37. The highest BCUT2D eigenvalue weighted by Gasteiger charge is 2.27. The lowest BCUT2D eigenvalue weighted by Crippen LogP contribution is -2.31. The first-order valence-corrected chi connectivity index (χ1v) is 8.93. The van der Waals surface area contributed by atoms with Gasteiger partial charge in [-0.15, -0.1) is 0 Å². The molecule has 0 radical (unpaired) electrons. The van der Waals surface area contributed by atoms with Gasteiger partial charge in [0.25, 0.3) is 0 Å². The molecule has 144 valence electrons. The number of phenols is 1. The molecule has 2 aromatic carbocycles. The van der Waals surface area contributed by atoms with Gasteiger partial charge in [-0.25, -0.2) is 9.98 Å². The number of aliphatic imine (C=N–C) groups is 1. The van der Waals surface area contributed by atoms with Crippen LogP contribution in [0.1, 0.15) is 18.2 Å². The van der Waals surface area contributed by atoms with Gasteiger partial charge in [0.1, 0.15) is 0 Å². The molecule has 0 aliphatic carbocycles. The molecule has 0 saturated heterocycles. The number of guanidine groups is 1. The molecule has 0 saturated carbocycles. The lowest BCUT2D eigenvalue weighted by atomic mass is 10.1. The second kappa shape index (κ2) is 6.22. The Hall–Kier alpha value is -3.62. The van der Waals surface area contributed by atoms with Gasteiger partial charge in [-0.1, -0.05) is 6.07 Å². The van der Waals surface area contributed by atoms with Crippen LogP contribution in [0.2, 0.25) is 0 Å². The second-order valence-corrected chi connectivity index (χ2v) is 6.59. The largest absolute Gasteiger partial charge is 0.504 e. The highest BCUT2D eigenvalue weighted by Crippen LogP contribution is 2.40. The van der Waals surface area contributed by atoms with E-state index in [1.807, 2.05) is 16.7 Å². The van der Waals surface area contributed by atoms with Crippen LogP contribution in [-0.4, -0.2) is 40.9 Å². The maximum atomic E-state index is 9.92. The van der Waals surface area contributed by atoms with Crippen molar-refractivity contribution in [3.63, 3.8) is 0 Å². The van der Waals surface area contributed by atoms with Crippen LogP contribution in [0.3, 0.4) is 0 Å². The molecule has 0 unspecified atom stereocenters. The summed E-state index contributed by atoms with van der Waals surface area (Å²) in [4.78, 5) is 9.20. The number of methoxy groups -OCH3 is 1. The Kier molecular flexibility index (Phi) is 3.68. The fourth-order valence-corrected chi connectivity index (χ4v) is 3.50. The molecule has 0 bridgehead atoms. The van der Waals surface area contributed by atoms with Crippen molar-refractivity contribution in [2.45, 2.75) is 12.6 Å². The van der Waals surface area contributed by atoms with Crippen LogP contribution >= 0.6 is 0 Å². The number of imidazole rings is 1. The van der Waals surface area contributed by atoms with Crippen molar-refractivity contribution in [2.24, 2.45) is 10.7 Å². The van der Waals surface area contributed by atoms with Crippen LogP contribution in [0.5, 0.6) is 23.0 Å². The zero-order chi connectivity index (χ0) is 19.3. The van der Waals surface area contributed by atoms with E-state index in [2.05, 4.69) is 15.3 Å². The van der Waals surface area contributed by atoms with Gasteiger partial charge in [0.2, 0.25) is 5.95 Å². The van der Waals surface area contributed by atoms with Crippen LogP contribution in [0.15, 0.2) is 35.3 Å². The molecule has 1 aromatic heterocycles.